The number of para-hydroxylation sites is 1. The molecule has 1 unspecified atom stereocenters. The first kappa shape index (κ1) is 34.1. The summed E-state index contributed by atoms with van der Waals surface area (Å²) < 4.78 is 44.3. The highest BCUT2D eigenvalue weighted by Gasteiger charge is 2.36. The Labute approximate surface area is 281 Å². The number of nitrogens with one attached hydrogen (secondary N) is 1. The van der Waals surface area contributed by atoms with Crippen molar-refractivity contribution < 1.29 is 22.4 Å². The summed E-state index contributed by atoms with van der Waals surface area (Å²) >= 11 is 6.16. The van der Waals surface area contributed by atoms with E-state index in [1.165, 1.54) is 35.2 Å². The van der Waals surface area contributed by atoms with Crippen LogP contribution >= 0.6 is 11.6 Å². The van der Waals surface area contributed by atoms with E-state index in [2.05, 4.69) is 5.32 Å². The van der Waals surface area contributed by atoms with Gasteiger partial charge < -0.3 is 10.2 Å². The molecule has 4 aromatic carbocycles. The third-order valence-corrected chi connectivity index (χ3v) is 10.5. The number of carbonyl (C=O) groups excluding carboxylic acids is 2. The van der Waals surface area contributed by atoms with Gasteiger partial charge in [0, 0.05) is 24.0 Å². The van der Waals surface area contributed by atoms with E-state index >= 15 is 4.39 Å². The van der Waals surface area contributed by atoms with Crippen LogP contribution in [0, 0.1) is 12.7 Å². The second kappa shape index (κ2) is 15.6. The number of anilines is 1. The highest BCUT2D eigenvalue weighted by atomic mass is 35.5. The Morgan fingerprint density at radius 3 is 2.15 bits per heavy atom. The van der Waals surface area contributed by atoms with E-state index in [4.69, 9.17) is 11.6 Å². The Hall–Kier alpha value is -4.21. The number of benzene rings is 4. The van der Waals surface area contributed by atoms with Crippen molar-refractivity contribution >= 4 is 39.1 Å². The maximum atomic E-state index is 15.3. The van der Waals surface area contributed by atoms with Gasteiger partial charge in [-0.2, -0.15) is 0 Å². The molecule has 246 valence electrons. The molecule has 0 spiro atoms. The fraction of sp³-hybridized carbons (Fsp3) is 0.297. The second-order valence-corrected chi connectivity index (χ2v) is 14.3. The van der Waals surface area contributed by atoms with Gasteiger partial charge in [-0.25, -0.2) is 12.8 Å². The Balaban J connectivity index is 1.56. The van der Waals surface area contributed by atoms with E-state index in [0.29, 0.717) is 10.6 Å². The first-order chi connectivity index (χ1) is 22.6. The number of halogens is 2. The van der Waals surface area contributed by atoms with E-state index in [1.54, 1.807) is 36.4 Å². The summed E-state index contributed by atoms with van der Waals surface area (Å²) in [5, 5.41) is 3.69. The molecule has 1 N–H and O–H groups in total. The predicted molar refractivity (Wildman–Crippen MR) is 183 cm³/mol. The van der Waals surface area contributed by atoms with Gasteiger partial charge in [-0.3, -0.25) is 13.9 Å². The highest BCUT2D eigenvalue weighted by molar-refractivity contribution is 7.92. The maximum Gasteiger partial charge on any atom is 0.264 e. The summed E-state index contributed by atoms with van der Waals surface area (Å²) in [5.41, 5.74) is 2.12. The third-order valence-electron chi connectivity index (χ3n) is 8.50. The van der Waals surface area contributed by atoms with E-state index in [-0.39, 0.29) is 35.5 Å². The van der Waals surface area contributed by atoms with Gasteiger partial charge in [-0.1, -0.05) is 103 Å². The minimum Gasteiger partial charge on any atom is -0.352 e. The molecule has 4 aromatic rings. The van der Waals surface area contributed by atoms with Gasteiger partial charge in [-0.15, -0.1) is 0 Å². The van der Waals surface area contributed by atoms with Crippen molar-refractivity contribution in [3.8, 4) is 0 Å². The number of aryl methyl sites for hydroxylation is 1. The van der Waals surface area contributed by atoms with Gasteiger partial charge in [0.15, 0.2) is 0 Å². The number of rotatable bonds is 12. The van der Waals surface area contributed by atoms with E-state index in [1.807, 2.05) is 37.3 Å². The molecular formula is C37H39ClFN3O4S. The van der Waals surface area contributed by atoms with Crippen molar-refractivity contribution in [2.75, 3.05) is 10.8 Å². The lowest BCUT2D eigenvalue weighted by atomic mass is 9.94. The Bertz CT molecular complexity index is 1760. The molecule has 1 aliphatic rings. The van der Waals surface area contributed by atoms with E-state index in [0.717, 1.165) is 53.6 Å². The summed E-state index contributed by atoms with van der Waals surface area (Å²) in [6, 6.07) is 26.9. The highest BCUT2D eigenvalue weighted by Crippen LogP contribution is 2.28. The van der Waals surface area contributed by atoms with Gasteiger partial charge in [0.2, 0.25) is 11.8 Å². The van der Waals surface area contributed by atoms with Crippen molar-refractivity contribution in [3.63, 3.8) is 0 Å². The molecule has 1 aliphatic carbocycles. The first-order valence-corrected chi connectivity index (χ1v) is 17.7. The summed E-state index contributed by atoms with van der Waals surface area (Å²) in [4.78, 5) is 30.0. The molecule has 1 fully saturated rings. The average molecular weight is 676 g/mol. The van der Waals surface area contributed by atoms with Crippen LogP contribution in [-0.4, -0.2) is 43.8 Å². The van der Waals surface area contributed by atoms with Gasteiger partial charge in [0.25, 0.3) is 10.0 Å². The first-order valence-electron chi connectivity index (χ1n) is 15.8. The monoisotopic (exact) mass is 675 g/mol. The minimum atomic E-state index is -4.40. The second-order valence-electron chi connectivity index (χ2n) is 12.0. The van der Waals surface area contributed by atoms with Gasteiger partial charge in [0.1, 0.15) is 18.4 Å². The van der Waals surface area contributed by atoms with Gasteiger partial charge >= 0.3 is 0 Å². The molecular weight excluding hydrogens is 637 g/mol. The van der Waals surface area contributed by atoms with Crippen molar-refractivity contribution in [1.82, 2.24) is 10.2 Å². The fourth-order valence-electron chi connectivity index (χ4n) is 5.89. The summed E-state index contributed by atoms with van der Waals surface area (Å²) in [6.45, 7) is 1.10. The summed E-state index contributed by atoms with van der Waals surface area (Å²) in [7, 11) is -4.40. The molecule has 0 saturated heterocycles. The average Bonchev–Trinajstić information content (AvgIpc) is 3.07. The molecule has 1 atom stereocenters. The van der Waals surface area contributed by atoms with Crippen molar-refractivity contribution in [3.05, 3.63) is 131 Å². The molecule has 0 aromatic heterocycles. The van der Waals surface area contributed by atoms with Crippen LogP contribution in [0.25, 0.3) is 0 Å². The van der Waals surface area contributed by atoms with Crippen LogP contribution in [0.15, 0.2) is 108 Å². The molecule has 0 bridgehead atoms. The molecule has 47 heavy (non-hydrogen) atoms. The quantitative estimate of drug-likeness (QED) is 0.174. The summed E-state index contributed by atoms with van der Waals surface area (Å²) in [5.74, 6) is -1.77. The zero-order chi connectivity index (χ0) is 33.4. The zero-order valence-electron chi connectivity index (χ0n) is 26.3. The zero-order valence-corrected chi connectivity index (χ0v) is 27.9. The minimum absolute atomic E-state index is 0.00127. The lowest BCUT2D eigenvalue weighted by molar-refractivity contribution is -0.140. The van der Waals surface area contributed by atoms with Crippen molar-refractivity contribution in [1.29, 1.82) is 0 Å². The van der Waals surface area contributed by atoms with Crippen LogP contribution < -0.4 is 9.62 Å². The van der Waals surface area contributed by atoms with Crippen molar-refractivity contribution in [2.24, 2.45) is 0 Å². The maximum absolute atomic E-state index is 15.3. The largest absolute Gasteiger partial charge is 0.352 e. The third kappa shape index (κ3) is 8.78. The topological polar surface area (TPSA) is 86.8 Å². The molecule has 5 rings (SSSR count). The van der Waals surface area contributed by atoms with E-state index < -0.39 is 34.3 Å². The van der Waals surface area contributed by atoms with Crippen molar-refractivity contribution in [2.45, 2.75) is 69.0 Å². The smallest absolute Gasteiger partial charge is 0.264 e. The Morgan fingerprint density at radius 2 is 1.49 bits per heavy atom. The molecule has 0 aliphatic heterocycles. The van der Waals surface area contributed by atoms with Crippen LogP contribution in [0.4, 0.5) is 10.1 Å². The predicted octanol–water partition coefficient (Wildman–Crippen LogP) is 7.07. The summed E-state index contributed by atoms with van der Waals surface area (Å²) in [6.07, 6.45) is 5.04. The fourth-order valence-corrected chi connectivity index (χ4v) is 7.44. The lowest BCUT2D eigenvalue weighted by Gasteiger charge is -2.35. The SMILES string of the molecule is Cc1ccc(S(=O)(=O)N(CC(=O)N(Cc2ccc(Cl)cc2)C(Cc2ccccc2)C(=O)NC2CCCCC2)c2ccccc2F)cc1. The van der Waals surface area contributed by atoms with E-state index in [9.17, 15) is 18.0 Å². The Morgan fingerprint density at radius 1 is 0.851 bits per heavy atom. The number of hydrogen-bond donors (Lipinski definition) is 1. The standard InChI is InChI=1S/C37H39ClFN3O4S/c1-27-16-22-32(23-17-27)47(45,46)42(34-15-9-8-14-33(34)39)26-36(43)41(25-29-18-20-30(38)21-19-29)35(24-28-10-4-2-5-11-28)37(44)40-31-12-6-3-7-13-31/h2,4-5,8-11,14-23,31,35H,3,6-7,12-13,24-26H2,1H3,(H,40,44). The molecule has 1 saturated carbocycles. The van der Waals surface area contributed by atoms with Crippen LogP contribution in [-0.2, 0) is 32.6 Å². The molecule has 2 amide bonds. The van der Waals surface area contributed by atoms with Crippen LogP contribution in [0.2, 0.25) is 5.02 Å². The number of nitrogens with zero attached hydrogens (tertiary/aromatic N) is 2. The van der Waals surface area contributed by atoms with Gasteiger partial charge in [-0.05, 0) is 67.3 Å². The Kier molecular flexibility index (Phi) is 11.3. The number of sulfonamides is 1. The normalized spacial score (nSPS) is 14.3. The van der Waals surface area contributed by atoms with Crippen LogP contribution in [0.1, 0.15) is 48.8 Å². The molecule has 0 heterocycles. The lowest BCUT2D eigenvalue weighted by Crippen LogP contribution is -2.55. The number of hydrogen-bond acceptors (Lipinski definition) is 4. The number of carbonyl (C=O) groups is 2. The molecule has 0 radical (unpaired) electrons. The molecule has 7 nitrogen and oxygen atoms in total. The van der Waals surface area contributed by atoms with Crippen LogP contribution in [0.5, 0.6) is 0 Å². The van der Waals surface area contributed by atoms with Crippen LogP contribution in [0.3, 0.4) is 0 Å². The molecule has 10 heteroatoms. The van der Waals surface area contributed by atoms with Gasteiger partial charge in [0.05, 0.1) is 10.6 Å². The number of amides is 2.